The predicted molar refractivity (Wildman–Crippen MR) is 146 cm³/mol. The van der Waals surface area contributed by atoms with Gasteiger partial charge in [-0.2, -0.15) is 10.1 Å². The highest BCUT2D eigenvalue weighted by atomic mass is 35.5. The fraction of sp³-hybridized carbons (Fsp3) is 0.179. The van der Waals surface area contributed by atoms with Gasteiger partial charge in [0.1, 0.15) is 0 Å². The first-order chi connectivity index (χ1) is 17.1. The van der Waals surface area contributed by atoms with Crippen LogP contribution in [0.5, 0.6) is 0 Å². The van der Waals surface area contributed by atoms with E-state index in [9.17, 15) is 9.90 Å². The van der Waals surface area contributed by atoms with Gasteiger partial charge in [0.05, 0.1) is 11.2 Å². The third-order valence-electron chi connectivity index (χ3n) is 6.46. The zero-order chi connectivity index (χ0) is 26.2. The largest absolute Gasteiger partial charge is 0.373 e. The molecule has 4 rings (SSSR count). The molecule has 1 heterocycles. The number of amidine groups is 1. The van der Waals surface area contributed by atoms with Gasteiger partial charge in [-0.3, -0.25) is 4.57 Å². The fourth-order valence-electron chi connectivity index (χ4n) is 4.47. The molecule has 0 saturated heterocycles. The molecule has 1 aromatic heterocycles. The van der Waals surface area contributed by atoms with Crippen LogP contribution >= 0.6 is 11.6 Å². The summed E-state index contributed by atoms with van der Waals surface area (Å²) in [7, 11) is 3.39. The Bertz CT molecular complexity index is 1560. The quantitative estimate of drug-likeness (QED) is 0.182. The van der Waals surface area contributed by atoms with Gasteiger partial charge in [0, 0.05) is 30.1 Å². The molecular weight excluding hydrogens is 474 g/mol. The van der Waals surface area contributed by atoms with Gasteiger partial charge in [-0.25, -0.2) is 4.79 Å². The van der Waals surface area contributed by atoms with E-state index in [2.05, 4.69) is 16.7 Å². The molecule has 0 fully saturated rings. The van der Waals surface area contributed by atoms with E-state index in [4.69, 9.17) is 17.4 Å². The molecule has 184 valence electrons. The first-order valence-electron chi connectivity index (χ1n) is 11.3. The summed E-state index contributed by atoms with van der Waals surface area (Å²) in [5, 5.41) is 17.6. The molecule has 8 heteroatoms. The second kappa shape index (κ2) is 9.60. The van der Waals surface area contributed by atoms with E-state index in [0.717, 1.165) is 11.1 Å². The number of benzene rings is 3. The SMILES string of the molecule is C=CN(C)/C(=N\N)C(O)(c1ccc(C)cc1)c1cc2c(-c3cccc(Cl)c3)nc(=O)n(C)c2cc1C. The van der Waals surface area contributed by atoms with E-state index in [1.165, 1.54) is 10.8 Å². The molecule has 4 aromatic rings. The van der Waals surface area contributed by atoms with Gasteiger partial charge >= 0.3 is 5.69 Å². The summed E-state index contributed by atoms with van der Waals surface area (Å²) in [6.07, 6.45) is 1.53. The third kappa shape index (κ3) is 4.17. The Kier molecular flexibility index (Phi) is 6.71. The number of aryl methyl sites for hydroxylation is 3. The topological polar surface area (TPSA) is 96.7 Å². The summed E-state index contributed by atoms with van der Waals surface area (Å²) < 4.78 is 1.49. The number of hydrazone groups is 1. The Morgan fingerprint density at radius 3 is 2.50 bits per heavy atom. The molecule has 3 N–H and O–H groups in total. The van der Waals surface area contributed by atoms with Gasteiger partial charge in [-0.05, 0) is 61.0 Å². The van der Waals surface area contributed by atoms with Gasteiger partial charge < -0.3 is 15.8 Å². The Labute approximate surface area is 214 Å². The van der Waals surface area contributed by atoms with Crippen molar-refractivity contribution < 1.29 is 5.11 Å². The zero-order valence-corrected chi connectivity index (χ0v) is 21.4. The van der Waals surface area contributed by atoms with E-state index < -0.39 is 11.3 Å². The second-order valence-corrected chi connectivity index (χ2v) is 9.26. The molecule has 0 spiro atoms. The lowest BCUT2D eigenvalue weighted by molar-refractivity contribution is 0.143. The average molecular weight is 502 g/mol. The maximum atomic E-state index is 12.8. The van der Waals surface area contributed by atoms with Gasteiger partial charge in [0.2, 0.25) is 0 Å². The number of hydrogen-bond acceptors (Lipinski definition) is 5. The number of fused-ring (bicyclic) bond motifs is 1. The molecule has 0 radical (unpaired) electrons. The molecular formula is C28H28ClN5O2. The highest BCUT2D eigenvalue weighted by Crippen LogP contribution is 2.38. The molecule has 3 aromatic carbocycles. The lowest BCUT2D eigenvalue weighted by atomic mass is 9.81. The van der Waals surface area contributed by atoms with E-state index >= 15 is 0 Å². The van der Waals surface area contributed by atoms with Crippen LogP contribution in [0.25, 0.3) is 22.2 Å². The maximum absolute atomic E-state index is 12.8. The van der Waals surface area contributed by atoms with Crippen molar-refractivity contribution in [2.75, 3.05) is 7.05 Å². The minimum atomic E-state index is -1.73. The zero-order valence-electron chi connectivity index (χ0n) is 20.7. The Morgan fingerprint density at radius 1 is 1.19 bits per heavy atom. The molecule has 1 unspecified atom stereocenters. The number of likely N-dealkylation sites (N-methyl/N-ethyl adjacent to an activating group) is 1. The molecule has 0 saturated carbocycles. The molecule has 1 atom stereocenters. The summed E-state index contributed by atoms with van der Waals surface area (Å²) in [5.41, 5.74) is 2.60. The van der Waals surface area contributed by atoms with Crippen LogP contribution in [0, 0.1) is 13.8 Å². The van der Waals surface area contributed by atoms with Crippen molar-refractivity contribution in [1.29, 1.82) is 0 Å². The van der Waals surface area contributed by atoms with E-state index in [0.29, 0.717) is 38.3 Å². The number of nitrogens with two attached hydrogens (primary N) is 1. The monoisotopic (exact) mass is 501 g/mol. The number of aromatic nitrogens is 2. The van der Waals surface area contributed by atoms with Crippen LogP contribution in [0.4, 0.5) is 0 Å². The van der Waals surface area contributed by atoms with Crippen LogP contribution in [0.2, 0.25) is 5.02 Å². The van der Waals surface area contributed by atoms with Crippen molar-refractivity contribution in [1.82, 2.24) is 14.5 Å². The number of rotatable bonds is 5. The van der Waals surface area contributed by atoms with Crippen LogP contribution in [0.15, 0.2) is 83.3 Å². The Balaban J connectivity index is 2.13. The van der Waals surface area contributed by atoms with E-state index in [1.807, 2.05) is 56.3 Å². The van der Waals surface area contributed by atoms with Gasteiger partial charge in [-0.1, -0.05) is 60.1 Å². The average Bonchev–Trinajstić information content (AvgIpc) is 2.86. The third-order valence-corrected chi connectivity index (χ3v) is 6.70. The van der Waals surface area contributed by atoms with Crippen LogP contribution in [0.1, 0.15) is 22.3 Å². The highest BCUT2D eigenvalue weighted by molar-refractivity contribution is 6.30. The first-order valence-corrected chi connectivity index (χ1v) is 11.7. The lowest BCUT2D eigenvalue weighted by Crippen LogP contribution is -2.45. The second-order valence-electron chi connectivity index (χ2n) is 8.82. The summed E-state index contributed by atoms with van der Waals surface area (Å²) in [6.45, 7) is 7.67. The standard InChI is InChI=1S/C28H28ClN5O2/c1-6-33(4)26(32-30)28(36,20-12-10-17(2)11-13-20)23-16-22-24(14-18(23)3)34(5)27(35)31-25(22)19-8-7-9-21(29)15-19/h6-16,36H,1,30H2,2-5H3/b32-26-. The van der Waals surface area contributed by atoms with Crippen molar-refractivity contribution in [3.63, 3.8) is 0 Å². The van der Waals surface area contributed by atoms with Gasteiger partial charge in [-0.15, -0.1) is 0 Å². The molecule has 0 aliphatic heterocycles. The maximum Gasteiger partial charge on any atom is 0.348 e. The number of aliphatic hydroxyl groups is 1. The van der Waals surface area contributed by atoms with Crippen molar-refractivity contribution >= 4 is 28.3 Å². The smallest absolute Gasteiger partial charge is 0.348 e. The summed E-state index contributed by atoms with van der Waals surface area (Å²) in [4.78, 5) is 18.7. The van der Waals surface area contributed by atoms with Crippen LogP contribution < -0.4 is 11.5 Å². The van der Waals surface area contributed by atoms with Crippen LogP contribution in [-0.2, 0) is 12.6 Å². The molecule has 0 aliphatic carbocycles. The van der Waals surface area contributed by atoms with Crippen LogP contribution in [-0.4, -0.2) is 32.4 Å². The summed E-state index contributed by atoms with van der Waals surface area (Å²) in [5.74, 6) is 6.04. The number of nitrogens with zero attached hydrogens (tertiary/aromatic N) is 4. The summed E-state index contributed by atoms with van der Waals surface area (Å²) in [6, 6.07) is 18.4. The first kappa shape index (κ1) is 25.2. The van der Waals surface area contributed by atoms with E-state index in [-0.39, 0.29) is 5.84 Å². The molecule has 0 aliphatic rings. The Morgan fingerprint density at radius 2 is 1.89 bits per heavy atom. The normalized spacial score (nSPS) is 13.4. The molecule has 7 nitrogen and oxygen atoms in total. The minimum absolute atomic E-state index is 0.186. The van der Waals surface area contributed by atoms with Gasteiger partial charge in [0.15, 0.2) is 11.4 Å². The van der Waals surface area contributed by atoms with Gasteiger partial charge in [0.25, 0.3) is 0 Å². The van der Waals surface area contributed by atoms with Crippen molar-refractivity contribution in [2.45, 2.75) is 19.4 Å². The lowest BCUT2D eigenvalue weighted by Gasteiger charge is -2.35. The summed E-state index contributed by atoms with van der Waals surface area (Å²) >= 11 is 6.25. The van der Waals surface area contributed by atoms with Crippen molar-refractivity contribution in [3.05, 3.63) is 111 Å². The van der Waals surface area contributed by atoms with Crippen molar-refractivity contribution in [3.8, 4) is 11.3 Å². The highest BCUT2D eigenvalue weighted by Gasteiger charge is 2.41. The molecule has 0 bridgehead atoms. The molecule has 0 amide bonds. The molecule has 36 heavy (non-hydrogen) atoms. The van der Waals surface area contributed by atoms with E-state index in [1.54, 1.807) is 37.2 Å². The number of hydrogen-bond donors (Lipinski definition) is 2. The minimum Gasteiger partial charge on any atom is -0.373 e. The van der Waals surface area contributed by atoms with Crippen LogP contribution in [0.3, 0.4) is 0 Å². The fourth-order valence-corrected chi connectivity index (χ4v) is 4.66. The predicted octanol–water partition coefficient (Wildman–Crippen LogP) is 4.45. The van der Waals surface area contributed by atoms with Crippen molar-refractivity contribution in [2.24, 2.45) is 18.0 Å². The number of halogens is 1. The Hall–Kier alpha value is -3.94.